The molecule has 2 heteroatoms. The van der Waals surface area contributed by atoms with E-state index in [4.69, 9.17) is 0 Å². The third-order valence-electron chi connectivity index (χ3n) is 2.64. The first-order valence-electron chi connectivity index (χ1n) is 3.93. The van der Waals surface area contributed by atoms with Gasteiger partial charge in [0.15, 0.2) is 0 Å². The fraction of sp³-hybridized carbons (Fsp3) is 1.00. The summed E-state index contributed by atoms with van der Waals surface area (Å²) in [7, 11) is 0. The molecular weight excluding hydrogens is 128 g/mol. The predicted molar refractivity (Wildman–Crippen MR) is 39.6 cm³/mol. The lowest BCUT2D eigenvalue weighted by atomic mass is 9.76. The summed E-state index contributed by atoms with van der Waals surface area (Å²) in [4.78, 5) is 0. The summed E-state index contributed by atoms with van der Waals surface area (Å²) in [5, 5.41) is 18.9. The van der Waals surface area contributed by atoms with Crippen molar-refractivity contribution in [2.45, 2.75) is 44.8 Å². The first kappa shape index (κ1) is 8.02. The molecule has 0 saturated heterocycles. The van der Waals surface area contributed by atoms with Gasteiger partial charge in [0.25, 0.3) is 0 Å². The van der Waals surface area contributed by atoms with E-state index >= 15 is 0 Å². The van der Waals surface area contributed by atoms with Gasteiger partial charge in [-0.15, -0.1) is 0 Å². The van der Waals surface area contributed by atoms with E-state index in [0.29, 0.717) is 12.3 Å². The Morgan fingerprint density at radius 1 is 1.40 bits per heavy atom. The molecule has 2 N–H and O–H groups in total. The summed E-state index contributed by atoms with van der Waals surface area (Å²) >= 11 is 0. The van der Waals surface area contributed by atoms with E-state index in [1.54, 1.807) is 6.92 Å². The fourth-order valence-electron chi connectivity index (χ4n) is 1.53. The monoisotopic (exact) mass is 144 g/mol. The molecule has 0 amide bonds. The van der Waals surface area contributed by atoms with Crippen molar-refractivity contribution in [2.24, 2.45) is 5.92 Å². The van der Waals surface area contributed by atoms with Gasteiger partial charge in [0.05, 0.1) is 11.7 Å². The Morgan fingerprint density at radius 2 is 2.00 bits per heavy atom. The van der Waals surface area contributed by atoms with Gasteiger partial charge in [-0.25, -0.2) is 0 Å². The van der Waals surface area contributed by atoms with Crippen molar-refractivity contribution < 1.29 is 10.2 Å². The Morgan fingerprint density at radius 3 is 2.40 bits per heavy atom. The molecule has 1 fully saturated rings. The van der Waals surface area contributed by atoms with Gasteiger partial charge in [-0.1, -0.05) is 6.92 Å². The lowest BCUT2D eigenvalue weighted by Gasteiger charge is -2.37. The first-order valence-corrected chi connectivity index (χ1v) is 3.93. The van der Waals surface area contributed by atoms with Crippen molar-refractivity contribution in [2.75, 3.05) is 0 Å². The topological polar surface area (TPSA) is 40.5 Å². The maximum Gasteiger partial charge on any atom is 0.0669 e. The van der Waals surface area contributed by atoms with Gasteiger partial charge in [-0.05, 0) is 25.7 Å². The third kappa shape index (κ3) is 1.50. The normalized spacial score (nSPS) is 49.2. The van der Waals surface area contributed by atoms with Gasteiger partial charge in [0, 0.05) is 6.42 Å². The minimum absolute atomic E-state index is 0.286. The van der Waals surface area contributed by atoms with Crippen LogP contribution in [0.4, 0.5) is 0 Å². The molecule has 1 saturated carbocycles. The molecule has 1 aliphatic rings. The molecule has 1 aliphatic carbocycles. The van der Waals surface area contributed by atoms with Gasteiger partial charge in [0.2, 0.25) is 0 Å². The highest BCUT2D eigenvalue weighted by atomic mass is 16.3. The highest BCUT2D eigenvalue weighted by molar-refractivity contribution is 4.87. The zero-order chi connectivity index (χ0) is 7.78. The van der Waals surface area contributed by atoms with Crippen LogP contribution in [0.15, 0.2) is 0 Å². The van der Waals surface area contributed by atoms with Crippen molar-refractivity contribution in [3.8, 4) is 0 Å². The van der Waals surface area contributed by atoms with Crippen LogP contribution in [0.3, 0.4) is 0 Å². The van der Waals surface area contributed by atoms with Crippen molar-refractivity contribution in [1.29, 1.82) is 0 Å². The minimum atomic E-state index is -0.641. The molecule has 0 aromatic carbocycles. The van der Waals surface area contributed by atoms with Gasteiger partial charge >= 0.3 is 0 Å². The number of hydrogen-bond donors (Lipinski definition) is 2. The van der Waals surface area contributed by atoms with Crippen molar-refractivity contribution >= 4 is 0 Å². The third-order valence-corrected chi connectivity index (χ3v) is 2.64. The predicted octanol–water partition coefficient (Wildman–Crippen LogP) is 0.918. The SMILES string of the molecule is C[C@H]1CC[C@@H](O)C[C@@]1(C)O. The second-order valence-corrected chi connectivity index (χ2v) is 3.69. The van der Waals surface area contributed by atoms with Crippen LogP contribution in [0.5, 0.6) is 0 Å². The Hall–Kier alpha value is -0.0800. The standard InChI is InChI=1S/C8H16O2/c1-6-3-4-7(9)5-8(6,2)10/h6-7,9-10H,3-5H2,1-2H3/t6-,7+,8+/m0/s1. The number of aliphatic hydroxyl groups excluding tert-OH is 1. The molecule has 0 bridgehead atoms. The second-order valence-electron chi connectivity index (χ2n) is 3.69. The van der Waals surface area contributed by atoms with E-state index < -0.39 is 5.60 Å². The van der Waals surface area contributed by atoms with Gasteiger partial charge in [0.1, 0.15) is 0 Å². The van der Waals surface area contributed by atoms with E-state index in [1.807, 2.05) is 6.92 Å². The summed E-state index contributed by atoms with van der Waals surface area (Å²) in [6.07, 6.45) is 2.03. The average molecular weight is 144 g/mol. The van der Waals surface area contributed by atoms with E-state index in [-0.39, 0.29) is 6.10 Å². The van der Waals surface area contributed by atoms with Crippen LogP contribution in [0, 0.1) is 5.92 Å². The fourth-order valence-corrected chi connectivity index (χ4v) is 1.53. The molecule has 3 atom stereocenters. The van der Waals surface area contributed by atoms with Crippen molar-refractivity contribution in [3.63, 3.8) is 0 Å². The maximum absolute atomic E-state index is 9.65. The van der Waals surface area contributed by atoms with Crippen LogP contribution >= 0.6 is 0 Å². The van der Waals surface area contributed by atoms with Gasteiger partial charge in [-0.2, -0.15) is 0 Å². The first-order chi connectivity index (χ1) is 4.52. The summed E-state index contributed by atoms with van der Waals surface area (Å²) in [5.74, 6) is 0.330. The highest BCUT2D eigenvalue weighted by Crippen LogP contribution is 2.32. The van der Waals surface area contributed by atoms with E-state index in [2.05, 4.69) is 0 Å². The molecule has 0 aromatic rings. The number of hydrogen-bond acceptors (Lipinski definition) is 2. The van der Waals surface area contributed by atoms with Gasteiger partial charge < -0.3 is 10.2 Å². The lowest BCUT2D eigenvalue weighted by molar-refractivity contribution is -0.0685. The largest absolute Gasteiger partial charge is 0.393 e. The molecule has 1 rings (SSSR count). The van der Waals surface area contributed by atoms with Crippen LogP contribution in [-0.2, 0) is 0 Å². The molecule has 0 heterocycles. The Kier molecular flexibility index (Phi) is 2.02. The summed E-state index contributed by atoms with van der Waals surface area (Å²) in [6.45, 7) is 3.84. The van der Waals surface area contributed by atoms with Gasteiger partial charge in [-0.3, -0.25) is 0 Å². The number of rotatable bonds is 0. The molecule has 10 heavy (non-hydrogen) atoms. The average Bonchev–Trinajstić information content (AvgIpc) is 1.78. The molecule has 0 aliphatic heterocycles. The quantitative estimate of drug-likeness (QED) is 0.530. The summed E-state index contributed by atoms with van der Waals surface area (Å²) < 4.78 is 0. The second kappa shape index (κ2) is 2.51. The van der Waals surface area contributed by atoms with Crippen LogP contribution in [0.1, 0.15) is 33.1 Å². The minimum Gasteiger partial charge on any atom is -0.393 e. The molecule has 0 unspecified atom stereocenters. The van der Waals surface area contributed by atoms with E-state index in [9.17, 15) is 10.2 Å². The Balaban J connectivity index is 2.55. The molecule has 60 valence electrons. The molecule has 0 radical (unpaired) electrons. The van der Waals surface area contributed by atoms with Crippen LogP contribution in [-0.4, -0.2) is 21.9 Å². The number of aliphatic hydroxyl groups is 2. The van der Waals surface area contributed by atoms with E-state index in [1.165, 1.54) is 0 Å². The molecular formula is C8H16O2. The smallest absolute Gasteiger partial charge is 0.0669 e. The summed E-state index contributed by atoms with van der Waals surface area (Å²) in [6, 6.07) is 0. The van der Waals surface area contributed by atoms with Crippen LogP contribution in [0.2, 0.25) is 0 Å². The molecule has 0 aromatic heterocycles. The molecule has 0 spiro atoms. The highest BCUT2D eigenvalue weighted by Gasteiger charge is 2.34. The van der Waals surface area contributed by atoms with Crippen molar-refractivity contribution in [1.82, 2.24) is 0 Å². The maximum atomic E-state index is 9.65. The Labute approximate surface area is 61.9 Å². The zero-order valence-electron chi connectivity index (χ0n) is 6.67. The van der Waals surface area contributed by atoms with Crippen LogP contribution < -0.4 is 0 Å². The Bertz CT molecular complexity index is 120. The van der Waals surface area contributed by atoms with Crippen LogP contribution in [0.25, 0.3) is 0 Å². The molecule has 2 nitrogen and oxygen atoms in total. The zero-order valence-corrected chi connectivity index (χ0v) is 6.67. The summed E-state index contributed by atoms with van der Waals surface area (Å²) in [5.41, 5.74) is -0.641. The lowest BCUT2D eigenvalue weighted by Crippen LogP contribution is -2.41. The van der Waals surface area contributed by atoms with Crippen molar-refractivity contribution in [3.05, 3.63) is 0 Å². The van der Waals surface area contributed by atoms with E-state index in [0.717, 1.165) is 12.8 Å².